The number of H-pyrrole nitrogens is 1. The Labute approximate surface area is 171 Å². The SMILES string of the molecule is CN(C)CC1c2cc(-c3c[nH]c4cc(F)ccc34)ccc2S(=O)(=O)N1C(C)(C)C. The molecule has 29 heavy (non-hydrogen) atoms. The van der Waals surface area contributed by atoms with Gasteiger partial charge in [0.1, 0.15) is 5.82 Å². The number of hydrogen-bond donors (Lipinski definition) is 1. The molecule has 1 atom stereocenters. The Bertz CT molecular complexity index is 1190. The Morgan fingerprint density at radius 1 is 1.14 bits per heavy atom. The average Bonchev–Trinajstić information content (AvgIpc) is 3.10. The van der Waals surface area contributed by atoms with Crippen molar-refractivity contribution in [2.45, 2.75) is 37.2 Å². The molecule has 4 rings (SSSR count). The summed E-state index contributed by atoms with van der Waals surface area (Å²) in [5.41, 5.74) is 2.82. The van der Waals surface area contributed by atoms with Crippen LogP contribution in [0, 0.1) is 5.82 Å². The smallest absolute Gasteiger partial charge is 0.244 e. The van der Waals surface area contributed by atoms with Crippen molar-refractivity contribution in [1.29, 1.82) is 0 Å². The number of aromatic nitrogens is 1. The van der Waals surface area contributed by atoms with Crippen molar-refractivity contribution in [2.75, 3.05) is 20.6 Å². The molecule has 1 unspecified atom stereocenters. The first kappa shape index (κ1) is 20.1. The number of rotatable bonds is 3. The van der Waals surface area contributed by atoms with Crippen LogP contribution in [-0.2, 0) is 10.0 Å². The summed E-state index contributed by atoms with van der Waals surface area (Å²) in [6.07, 6.45) is 1.85. The van der Waals surface area contributed by atoms with Crippen molar-refractivity contribution in [3.8, 4) is 11.1 Å². The molecule has 0 spiro atoms. The van der Waals surface area contributed by atoms with Crippen molar-refractivity contribution in [3.63, 3.8) is 0 Å². The molecule has 154 valence electrons. The summed E-state index contributed by atoms with van der Waals surface area (Å²) in [7, 11) is 0.313. The second-order valence-corrected chi connectivity index (χ2v) is 10.7. The van der Waals surface area contributed by atoms with E-state index in [0.29, 0.717) is 17.0 Å². The third-order valence-corrected chi connectivity index (χ3v) is 7.59. The number of fused-ring (bicyclic) bond motifs is 2. The van der Waals surface area contributed by atoms with Crippen molar-refractivity contribution < 1.29 is 12.8 Å². The molecule has 2 aromatic carbocycles. The first-order valence-electron chi connectivity index (χ1n) is 9.60. The van der Waals surface area contributed by atoms with E-state index in [4.69, 9.17) is 0 Å². The van der Waals surface area contributed by atoms with E-state index < -0.39 is 15.6 Å². The summed E-state index contributed by atoms with van der Waals surface area (Å²) in [4.78, 5) is 5.49. The summed E-state index contributed by atoms with van der Waals surface area (Å²) >= 11 is 0. The zero-order valence-corrected chi connectivity index (χ0v) is 18.1. The molecule has 2 heterocycles. The van der Waals surface area contributed by atoms with Crippen LogP contribution >= 0.6 is 0 Å². The number of sulfonamides is 1. The molecule has 0 amide bonds. The molecule has 0 bridgehead atoms. The summed E-state index contributed by atoms with van der Waals surface area (Å²) in [6, 6.07) is 9.89. The lowest BCUT2D eigenvalue weighted by molar-refractivity contribution is 0.170. The largest absolute Gasteiger partial charge is 0.360 e. The van der Waals surface area contributed by atoms with Crippen molar-refractivity contribution in [1.82, 2.24) is 14.2 Å². The number of halogens is 1. The van der Waals surface area contributed by atoms with Gasteiger partial charge < -0.3 is 9.88 Å². The van der Waals surface area contributed by atoms with E-state index in [2.05, 4.69) is 4.98 Å². The highest BCUT2D eigenvalue weighted by molar-refractivity contribution is 7.89. The maximum absolute atomic E-state index is 13.5. The van der Waals surface area contributed by atoms with E-state index in [1.807, 2.05) is 58.1 Å². The second-order valence-electron chi connectivity index (χ2n) is 8.89. The molecule has 3 aromatic rings. The molecule has 0 saturated heterocycles. The number of benzene rings is 2. The predicted molar refractivity (Wildman–Crippen MR) is 114 cm³/mol. The minimum absolute atomic E-state index is 0.271. The number of aromatic amines is 1. The molecule has 1 aromatic heterocycles. The van der Waals surface area contributed by atoms with E-state index in [1.54, 1.807) is 16.4 Å². The van der Waals surface area contributed by atoms with Gasteiger partial charge in [-0.3, -0.25) is 0 Å². The van der Waals surface area contributed by atoms with E-state index in [9.17, 15) is 12.8 Å². The maximum Gasteiger partial charge on any atom is 0.244 e. The number of likely N-dealkylation sites (N-methyl/N-ethyl adjacent to an activating group) is 1. The van der Waals surface area contributed by atoms with Gasteiger partial charge in [-0.1, -0.05) is 6.07 Å². The lowest BCUT2D eigenvalue weighted by Crippen LogP contribution is -2.46. The molecular formula is C22H26FN3O2S. The van der Waals surface area contributed by atoms with Gasteiger partial charge >= 0.3 is 0 Å². The number of nitrogens with zero attached hydrogens (tertiary/aromatic N) is 2. The molecular weight excluding hydrogens is 389 g/mol. The van der Waals surface area contributed by atoms with Gasteiger partial charge in [0.15, 0.2) is 0 Å². The molecule has 0 fully saturated rings. The monoisotopic (exact) mass is 415 g/mol. The van der Waals surface area contributed by atoms with Gasteiger partial charge in [-0.2, -0.15) is 4.31 Å². The summed E-state index contributed by atoms with van der Waals surface area (Å²) in [5.74, 6) is -0.294. The zero-order chi connectivity index (χ0) is 21.1. The van der Waals surface area contributed by atoms with Crippen LogP contribution in [0.3, 0.4) is 0 Å². The van der Waals surface area contributed by atoms with E-state index in [1.165, 1.54) is 12.1 Å². The first-order valence-corrected chi connectivity index (χ1v) is 11.0. The van der Waals surface area contributed by atoms with Crippen molar-refractivity contribution in [3.05, 3.63) is 54.0 Å². The van der Waals surface area contributed by atoms with Gasteiger partial charge in [0.05, 0.1) is 10.9 Å². The maximum atomic E-state index is 13.5. The third-order valence-electron chi connectivity index (χ3n) is 5.34. The fourth-order valence-electron chi connectivity index (χ4n) is 4.29. The average molecular weight is 416 g/mol. The van der Waals surface area contributed by atoms with Crippen LogP contribution in [0.15, 0.2) is 47.5 Å². The van der Waals surface area contributed by atoms with Crippen LogP contribution in [0.1, 0.15) is 32.4 Å². The fourth-order valence-corrected chi connectivity index (χ4v) is 6.48. The third kappa shape index (κ3) is 3.27. The molecule has 7 heteroatoms. The standard InChI is InChI=1S/C22H26FN3O2S/c1-22(2,3)26-20(13-25(4)5)17-10-14(6-9-21(17)29(26,27)28)18-12-24-19-11-15(23)7-8-16(18)19/h6-12,20,24H,13H2,1-5H3. The topological polar surface area (TPSA) is 56.4 Å². The minimum Gasteiger partial charge on any atom is -0.360 e. The quantitative estimate of drug-likeness (QED) is 0.691. The molecule has 1 aliphatic rings. The normalized spacial score (nSPS) is 19.2. The van der Waals surface area contributed by atoms with Gasteiger partial charge in [-0.05, 0) is 76.3 Å². The van der Waals surface area contributed by atoms with Gasteiger partial charge in [-0.15, -0.1) is 0 Å². The van der Waals surface area contributed by atoms with Crippen LogP contribution in [0.25, 0.3) is 22.0 Å². The molecule has 0 aliphatic carbocycles. The van der Waals surface area contributed by atoms with Crippen LogP contribution in [0.2, 0.25) is 0 Å². The van der Waals surface area contributed by atoms with Gasteiger partial charge in [0.2, 0.25) is 10.0 Å². The lowest BCUT2D eigenvalue weighted by Gasteiger charge is -2.36. The first-order chi connectivity index (χ1) is 13.5. The summed E-state index contributed by atoms with van der Waals surface area (Å²) in [6.45, 7) is 6.36. The molecule has 0 saturated carbocycles. The van der Waals surface area contributed by atoms with E-state index >= 15 is 0 Å². The van der Waals surface area contributed by atoms with Crippen LogP contribution in [0.4, 0.5) is 4.39 Å². The Balaban J connectivity index is 1.90. The van der Waals surface area contributed by atoms with E-state index in [0.717, 1.165) is 22.1 Å². The highest BCUT2D eigenvalue weighted by atomic mass is 32.2. The predicted octanol–water partition coefficient (Wildman–Crippen LogP) is 4.38. The Hall–Kier alpha value is -2.22. The Morgan fingerprint density at radius 2 is 1.86 bits per heavy atom. The van der Waals surface area contributed by atoms with Crippen molar-refractivity contribution in [2.24, 2.45) is 0 Å². The van der Waals surface area contributed by atoms with E-state index in [-0.39, 0.29) is 11.9 Å². The zero-order valence-electron chi connectivity index (χ0n) is 17.3. The van der Waals surface area contributed by atoms with Crippen LogP contribution in [-0.4, -0.2) is 48.8 Å². The highest BCUT2D eigenvalue weighted by Gasteiger charge is 2.48. The minimum atomic E-state index is -3.58. The molecule has 1 aliphatic heterocycles. The summed E-state index contributed by atoms with van der Waals surface area (Å²) in [5, 5.41) is 0.907. The second kappa shape index (κ2) is 6.65. The van der Waals surface area contributed by atoms with Gasteiger partial charge in [0, 0.05) is 34.7 Å². The molecule has 0 radical (unpaired) electrons. The summed E-state index contributed by atoms with van der Waals surface area (Å²) < 4.78 is 41.8. The number of hydrogen-bond acceptors (Lipinski definition) is 3. The van der Waals surface area contributed by atoms with Crippen LogP contribution < -0.4 is 0 Å². The Morgan fingerprint density at radius 3 is 2.52 bits per heavy atom. The fraction of sp³-hybridized carbons (Fsp3) is 0.364. The van der Waals surface area contributed by atoms with Crippen molar-refractivity contribution >= 4 is 20.9 Å². The lowest BCUT2D eigenvalue weighted by atomic mass is 9.97. The van der Waals surface area contributed by atoms with Gasteiger partial charge in [0.25, 0.3) is 0 Å². The Kier molecular flexibility index (Phi) is 4.60. The van der Waals surface area contributed by atoms with Crippen LogP contribution in [0.5, 0.6) is 0 Å². The van der Waals surface area contributed by atoms with Gasteiger partial charge in [-0.25, -0.2) is 12.8 Å². The molecule has 1 N–H and O–H groups in total. The number of nitrogens with one attached hydrogen (secondary N) is 1. The highest BCUT2D eigenvalue weighted by Crippen LogP contribution is 2.45. The molecule has 5 nitrogen and oxygen atoms in total.